The van der Waals surface area contributed by atoms with Gasteiger partial charge < -0.3 is 14.4 Å². The molecule has 0 radical (unpaired) electrons. The lowest BCUT2D eigenvalue weighted by atomic mass is 9.96. The molecule has 1 N–H and O–H groups in total. The maximum absolute atomic E-state index is 14.2. The van der Waals surface area contributed by atoms with Crippen LogP contribution < -0.4 is 4.72 Å². The molecule has 8 nitrogen and oxygen atoms in total. The SMILES string of the molecule is C=C(C(=O)N1CCCC(C(=O)NS(=O)(=O)CC)C1)c1ccc(SC2COCC(Cc3ccccc3)O2)c(C(F)(F)F)c1. The van der Waals surface area contributed by atoms with Gasteiger partial charge in [-0.25, -0.2) is 8.42 Å². The number of carbonyl (C=O) groups is 2. The van der Waals surface area contributed by atoms with Crippen LogP contribution in [0, 0.1) is 5.92 Å². The lowest BCUT2D eigenvalue weighted by Gasteiger charge is -2.32. The highest BCUT2D eigenvalue weighted by atomic mass is 32.2. The summed E-state index contributed by atoms with van der Waals surface area (Å²) in [5.41, 5.74) is -0.698. The lowest BCUT2D eigenvalue weighted by molar-refractivity contribution is -0.140. The highest BCUT2D eigenvalue weighted by Crippen LogP contribution is 2.41. The van der Waals surface area contributed by atoms with Crippen LogP contribution in [0.4, 0.5) is 13.2 Å². The van der Waals surface area contributed by atoms with Crippen LogP contribution in [0.5, 0.6) is 0 Å². The molecule has 42 heavy (non-hydrogen) atoms. The Bertz CT molecular complexity index is 1400. The number of likely N-dealkylation sites (tertiary alicyclic amines) is 1. The molecule has 228 valence electrons. The molecule has 2 amide bonds. The van der Waals surface area contributed by atoms with E-state index in [-0.39, 0.29) is 47.6 Å². The molecule has 13 heteroatoms. The number of benzene rings is 2. The predicted octanol–water partition coefficient (Wildman–Crippen LogP) is 4.50. The Hall–Kier alpha value is -2.87. The highest BCUT2D eigenvalue weighted by Gasteiger charge is 2.37. The molecule has 2 heterocycles. The summed E-state index contributed by atoms with van der Waals surface area (Å²) >= 11 is 0.913. The second kappa shape index (κ2) is 13.6. The normalized spacial score (nSPS) is 21.5. The van der Waals surface area contributed by atoms with Crippen LogP contribution in [-0.4, -0.2) is 68.7 Å². The van der Waals surface area contributed by atoms with Crippen LogP contribution in [0.1, 0.15) is 36.5 Å². The van der Waals surface area contributed by atoms with Gasteiger partial charge in [-0.15, -0.1) is 0 Å². The molecule has 2 fully saturated rings. The second-order valence-electron chi connectivity index (χ2n) is 10.2. The van der Waals surface area contributed by atoms with Gasteiger partial charge in [0.2, 0.25) is 15.9 Å². The van der Waals surface area contributed by atoms with Crippen molar-refractivity contribution >= 4 is 39.2 Å². The number of halogens is 3. The minimum absolute atomic E-state index is 0.000391. The maximum Gasteiger partial charge on any atom is 0.417 e. The largest absolute Gasteiger partial charge is 0.417 e. The summed E-state index contributed by atoms with van der Waals surface area (Å²) in [5, 5.41) is 0. The third kappa shape index (κ3) is 8.36. The van der Waals surface area contributed by atoms with Crippen molar-refractivity contribution in [1.29, 1.82) is 0 Å². The van der Waals surface area contributed by atoms with E-state index in [0.717, 1.165) is 23.4 Å². The van der Waals surface area contributed by atoms with Crippen molar-refractivity contribution in [2.24, 2.45) is 5.92 Å². The van der Waals surface area contributed by atoms with Crippen molar-refractivity contribution in [2.45, 2.75) is 48.8 Å². The molecular weight excluding hydrogens is 593 g/mol. The number of sulfonamides is 1. The van der Waals surface area contributed by atoms with Gasteiger partial charge in [0.15, 0.2) is 0 Å². The van der Waals surface area contributed by atoms with Crippen LogP contribution in [0.3, 0.4) is 0 Å². The van der Waals surface area contributed by atoms with Crippen molar-refractivity contribution in [1.82, 2.24) is 9.62 Å². The number of nitrogens with one attached hydrogen (secondary N) is 1. The summed E-state index contributed by atoms with van der Waals surface area (Å²) < 4.78 is 79.7. The number of amides is 2. The van der Waals surface area contributed by atoms with Crippen molar-refractivity contribution in [3.8, 4) is 0 Å². The van der Waals surface area contributed by atoms with E-state index < -0.39 is 44.9 Å². The van der Waals surface area contributed by atoms with E-state index in [9.17, 15) is 31.2 Å². The van der Waals surface area contributed by atoms with E-state index in [2.05, 4.69) is 6.58 Å². The zero-order valence-electron chi connectivity index (χ0n) is 23.1. The minimum Gasteiger partial charge on any atom is -0.375 e. The van der Waals surface area contributed by atoms with Gasteiger partial charge in [0.1, 0.15) is 5.44 Å². The van der Waals surface area contributed by atoms with E-state index in [0.29, 0.717) is 25.9 Å². The van der Waals surface area contributed by atoms with Gasteiger partial charge in [-0.1, -0.05) is 54.7 Å². The van der Waals surface area contributed by atoms with Gasteiger partial charge in [0.25, 0.3) is 5.91 Å². The first kappa shape index (κ1) is 32.1. The molecule has 2 aliphatic rings. The first-order valence-corrected chi connectivity index (χ1v) is 16.1. The van der Waals surface area contributed by atoms with Crippen LogP contribution in [0.2, 0.25) is 0 Å². The lowest BCUT2D eigenvalue weighted by Crippen LogP contribution is -2.47. The van der Waals surface area contributed by atoms with Gasteiger partial charge in [-0.2, -0.15) is 13.2 Å². The number of rotatable bonds is 9. The summed E-state index contributed by atoms with van der Waals surface area (Å²) in [7, 11) is -3.76. The molecule has 3 unspecified atom stereocenters. The van der Waals surface area contributed by atoms with Gasteiger partial charge >= 0.3 is 6.18 Å². The average molecular weight is 627 g/mol. The van der Waals surface area contributed by atoms with Crippen molar-refractivity contribution in [3.05, 3.63) is 71.8 Å². The molecule has 0 aromatic heterocycles. The molecule has 2 saturated heterocycles. The standard InChI is InChI=1S/C29H33F3N2O6S2/c1-3-42(37,38)33-27(35)22-10-7-13-34(16-22)28(36)19(2)21-11-12-25(24(15-21)29(30,31)32)41-26-18-39-17-23(40-26)14-20-8-5-4-6-9-20/h4-6,8-9,11-12,15,22-23,26H,2-3,7,10,13-14,16-18H2,1H3,(H,33,35). The van der Waals surface area contributed by atoms with E-state index in [1.807, 2.05) is 35.1 Å². The highest BCUT2D eigenvalue weighted by molar-refractivity contribution is 7.99. The summed E-state index contributed by atoms with van der Waals surface area (Å²) in [6.45, 7) is 5.83. The van der Waals surface area contributed by atoms with Crippen LogP contribution in [0.25, 0.3) is 5.57 Å². The minimum atomic E-state index is -4.71. The van der Waals surface area contributed by atoms with Crippen molar-refractivity contribution < 1.29 is 40.7 Å². The number of thioether (sulfide) groups is 1. The molecular formula is C29H33F3N2O6S2. The summed E-state index contributed by atoms with van der Waals surface area (Å²) in [5.74, 6) is -2.35. The summed E-state index contributed by atoms with van der Waals surface area (Å²) in [6.07, 6.45) is -3.63. The first-order chi connectivity index (χ1) is 19.9. The van der Waals surface area contributed by atoms with Gasteiger partial charge in [-0.3, -0.25) is 14.3 Å². The number of hydrogen-bond donors (Lipinski definition) is 1. The van der Waals surface area contributed by atoms with Crippen LogP contribution in [-0.2, 0) is 41.7 Å². The molecule has 0 spiro atoms. The molecule has 0 bridgehead atoms. The molecule has 3 atom stereocenters. The molecule has 4 rings (SSSR count). The number of hydrogen-bond acceptors (Lipinski definition) is 7. The van der Waals surface area contributed by atoms with Gasteiger partial charge in [-0.05, 0) is 43.0 Å². The Balaban J connectivity index is 1.45. The number of nitrogens with zero attached hydrogens (tertiary/aromatic N) is 1. The summed E-state index contributed by atoms with van der Waals surface area (Å²) in [4.78, 5) is 26.9. The third-order valence-electron chi connectivity index (χ3n) is 7.07. The van der Waals surface area contributed by atoms with Crippen molar-refractivity contribution in [3.63, 3.8) is 0 Å². The number of alkyl halides is 3. The van der Waals surface area contributed by atoms with Crippen molar-refractivity contribution in [2.75, 3.05) is 32.1 Å². The molecule has 2 aromatic rings. The van der Waals surface area contributed by atoms with Gasteiger partial charge in [0.05, 0.1) is 36.6 Å². The fourth-order valence-corrected chi connectivity index (χ4v) is 6.54. The number of ether oxygens (including phenoxy) is 2. The topological polar surface area (TPSA) is 102 Å². The predicted molar refractivity (Wildman–Crippen MR) is 153 cm³/mol. The molecule has 0 aliphatic carbocycles. The Labute approximate surface area is 247 Å². The average Bonchev–Trinajstić information content (AvgIpc) is 2.96. The van der Waals surface area contributed by atoms with E-state index in [1.54, 1.807) is 0 Å². The smallest absolute Gasteiger partial charge is 0.375 e. The van der Waals surface area contributed by atoms with Crippen LogP contribution >= 0.6 is 11.8 Å². The molecule has 0 saturated carbocycles. The first-order valence-electron chi connectivity index (χ1n) is 13.5. The molecule has 2 aromatic carbocycles. The Morgan fingerprint density at radius 3 is 2.57 bits per heavy atom. The zero-order valence-corrected chi connectivity index (χ0v) is 24.7. The maximum atomic E-state index is 14.2. The Morgan fingerprint density at radius 2 is 1.88 bits per heavy atom. The van der Waals surface area contributed by atoms with Crippen LogP contribution in [0.15, 0.2) is 60.0 Å². The Morgan fingerprint density at radius 1 is 1.14 bits per heavy atom. The fraction of sp³-hybridized carbons (Fsp3) is 0.448. The second-order valence-corrected chi connectivity index (χ2v) is 13.4. The van der Waals surface area contributed by atoms with E-state index >= 15 is 0 Å². The number of carbonyl (C=O) groups excluding carboxylic acids is 2. The summed E-state index contributed by atoms with van der Waals surface area (Å²) in [6, 6.07) is 13.2. The Kier molecular flexibility index (Phi) is 10.4. The quantitative estimate of drug-likeness (QED) is 0.409. The fourth-order valence-electron chi connectivity index (χ4n) is 4.82. The third-order valence-corrected chi connectivity index (χ3v) is 9.47. The van der Waals surface area contributed by atoms with E-state index in [1.165, 1.54) is 24.0 Å². The number of piperidine rings is 1. The van der Waals surface area contributed by atoms with Gasteiger partial charge in [0, 0.05) is 30.0 Å². The zero-order chi connectivity index (χ0) is 30.5. The monoisotopic (exact) mass is 626 g/mol. The van der Waals surface area contributed by atoms with E-state index in [4.69, 9.17) is 9.47 Å². The molecule has 2 aliphatic heterocycles.